The van der Waals surface area contributed by atoms with Crippen molar-refractivity contribution in [2.24, 2.45) is 11.8 Å². The summed E-state index contributed by atoms with van der Waals surface area (Å²) in [6.45, 7) is 9.87. The molecule has 3 rings (SSSR count). The Morgan fingerprint density at radius 3 is 2.55 bits per heavy atom. The Kier molecular flexibility index (Phi) is 7.67. The lowest BCUT2D eigenvalue weighted by Gasteiger charge is -2.34. The minimum absolute atomic E-state index is 0.156. The summed E-state index contributed by atoms with van der Waals surface area (Å²) in [5.74, 6) is 1.22. The van der Waals surface area contributed by atoms with Crippen molar-refractivity contribution in [3.63, 3.8) is 0 Å². The van der Waals surface area contributed by atoms with E-state index in [2.05, 4.69) is 24.1 Å². The topological polar surface area (TPSA) is 79.0 Å². The number of piperidine rings is 1. The predicted octanol–water partition coefficient (Wildman–Crippen LogP) is 1.81. The average molecular weight is 424 g/mol. The van der Waals surface area contributed by atoms with E-state index in [0.717, 1.165) is 37.9 Å². The van der Waals surface area contributed by atoms with Gasteiger partial charge in [0.25, 0.3) is 5.91 Å². The van der Waals surface area contributed by atoms with Crippen LogP contribution in [0, 0.1) is 11.8 Å². The molecule has 1 aromatic rings. The zero-order valence-electron chi connectivity index (χ0n) is 17.5. The smallest absolute Gasteiger partial charge is 0.251 e. The maximum absolute atomic E-state index is 12.8. The molecule has 2 aliphatic rings. The van der Waals surface area contributed by atoms with Crippen molar-refractivity contribution in [2.75, 3.05) is 52.5 Å². The zero-order valence-corrected chi connectivity index (χ0v) is 18.3. The fourth-order valence-electron chi connectivity index (χ4n) is 4.32. The number of likely N-dealkylation sites (tertiary alicyclic amines) is 1. The van der Waals surface area contributed by atoms with Crippen molar-refractivity contribution in [3.8, 4) is 0 Å². The predicted molar refractivity (Wildman–Crippen MR) is 112 cm³/mol. The highest BCUT2D eigenvalue weighted by atomic mass is 32.2. The van der Waals surface area contributed by atoms with E-state index in [0.29, 0.717) is 38.4 Å². The molecule has 1 N–H and O–H groups in total. The lowest BCUT2D eigenvalue weighted by Crippen LogP contribution is -2.40. The highest BCUT2D eigenvalue weighted by Gasteiger charge is 2.27. The third kappa shape index (κ3) is 6.01. The number of benzene rings is 1. The van der Waals surface area contributed by atoms with Gasteiger partial charge in [-0.2, -0.15) is 4.31 Å². The summed E-state index contributed by atoms with van der Waals surface area (Å²) in [7, 11) is -3.60. The monoisotopic (exact) mass is 423 g/mol. The van der Waals surface area contributed by atoms with Crippen molar-refractivity contribution < 1.29 is 17.9 Å². The molecule has 8 heteroatoms. The van der Waals surface area contributed by atoms with E-state index in [1.54, 1.807) is 18.2 Å². The minimum atomic E-state index is -3.60. The molecule has 0 spiro atoms. The van der Waals surface area contributed by atoms with Crippen LogP contribution in [-0.4, -0.2) is 76.0 Å². The van der Waals surface area contributed by atoms with Crippen LogP contribution in [0.25, 0.3) is 0 Å². The first-order valence-electron chi connectivity index (χ1n) is 10.5. The number of hydrogen-bond donors (Lipinski definition) is 1. The van der Waals surface area contributed by atoms with Gasteiger partial charge in [-0.25, -0.2) is 8.42 Å². The summed E-state index contributed by atoms with van der Waals surface area (Å²) in [5.41, 5.74) is 0.375. The number of nitrogens with one attached hydrogen (secondary N) is 1. The number of ether oxygens (including phenoxy) is 1. The molecule has 1 amide bonds. The molecule has 2 aliphatic heterocycles. The van der Waals surface area contributed by atoms with Gasteiger partial charge in [0.05, 0.1) is 18.1 Å². The van der Waals surface area contributed by atoms with Crippen LogP contribution in [0.4, 0.5) is 0 Å². The van der Waals surface area contributed by atoms with Gasteiger partial charge in [0.2, 0.25) is 10.0 Å². The summed E-state index contributed by atoms with van der Waals surface area (Å²) in [6, 6.07) is 6.29. The SMILES string of the molecule is C[C@@H]1C[C@H](C)CN(CCCNC(=O)c2cccc(S(=O)(=O)N3CCOCC3)c2)C1. The molecule has 2 fully saturated rings. The Bertz CT molecular complexity index is 783. The number of amides is 1. The lowest BCUT2D eigenvalue weighted by molar-refractivity contribution is 0.0730. The Morgan fingerprint density at radius 1 is 1.17 bits per heavy atom. The van der Waals surface area contributed by atoms with Gasteiger partial charge in [-0.3, -0.25) is 4.79 Å². The summed E-state index contributed by atoms with van der Waals surface area (Å²) in [5, 5.41) is 2.93. The van der Waals surface area contributed by atoms with Crippen LogP contribution in [0.3, 0.4) is 0 Å². The van der Waals surface area contributed by atoms with Crippen LogP contribution < -0.4 is 5.32 Å². The Balaban J connectivity index is 1.51. The van der Waals surface area contributed by atoms with Crippen LogP contribution in [0.2, 0.25) is 0 Å². The molecule has 0 unspecified atom stereocenters. The van der Waals surface area contributed by atoms with Gasteiger partial charge >= 0.3 is 0 Å². The van der Waals surface area contributed by atoms with E-state index in [-0.39, 0.29) is 10.8 Å². The van der Waals surface area contributed by atoms with Crippen molar-refractivity contribution in [1.29, 1.82) is 0 Å². The van der Waals surface area contributed by atoms with Gasteiger partial charge in [-0.05, 0) is 49.4 Å². The quantitative estimate of drug-likeness (QED) is 0.677. The van der Waals surface area contributed by atoms with Gasteiger partial charge in [0.1, 0.15) is 0 Å². The fourth-order valence-corrected chi connectivity index (χ4v) is 5.77. The Morgan fingerprint density at radius 2 is 1.86 bits per heavy atom. The van der Waals surface area contributed by atoms with Crippen LogP contribution in [0.5, 0.6) is 0 Å². The largest absolute Gasteiger partial charge is 0.379 e. The molecule has 2 saturated heterocycles. The minimum Gasteiger partial charge on any atom is -0.379 e. The van der Waals surface area contributed by atoms with Crippen molar-refractivity contribution in [2.45, 2.75) is 31.6 Å². The fraction of sp³-hybridized carbons (Fsp3) is 0.667. The number of morpholine rings is 1. The molecule has 2 atom stereocenters. The van der Waals surface area contributed by atoms with Crippen molar-refractivity contribution >= 4 is 15.9 Å². The van der Waals surface area contributed by atoms with E-state index in [4.69, 9.17) is 4.74 Å². The highest BCUT2D eigenvalue weighted by Crippen LogP contribution is 2.21. The summed E-state index contributed by atoms with van der Waals surface area (Å²) < 4.78 is 32.2. The van der Waals surface area contributed by atoms with Gasteiger partial charge in [0, 0.05) is 38.3 Å². The first kappa shape index (κ1) is 22.2. The third-order valence-electron chi connectivity index (χ3n) is 5.59. The molecule has 0 bridgehead atoms. The van der Waals surface area contributed by atoms with Crippen LogP contribution >= 0.6 is 0 Å². The second kappa shape index (κ2) is 10.0. The van der Waals surface area contributed by atoms with Gasteiger partial charge in [-0.1, -0.05) is 19.9 Å². The summed E-state index contributed by atoms with van der Waals surface area (Å²) in [6.07, 6.45) is 2.17. The molecule has 1 aromatic carbocycles. The van der Waals surface area contributed by atoms with E-state index < -0.39 is 10.0 Å². The number of sulfonamides is 1. The van der Waals surface area contributed by atoms with Crippen LogP contribution in [0.15, 0.2) is 29.2 Å². The van der Waals surface area contributed by atoms with Crippen molar-refractivity contribution in [3.05, 3.63) is 29.8 Å². The lowest BCUT2D eigenvalue weighted by atomic mass is 9.92. The molecule has 0 aliphatic carbocycles. The Labute approximate surface area is 174 Å². The van der Waals surface area contributed by atoms with E-state index in [9.17, 15) is 13.2 Å². The number of hydrogen-bond acceptors (Lipinski definition) is 5. The number of nitrogens with zero attached hydrogens (tertiary/aromatic N) is 2. The van der Waals surface area contributed by atoms with E-state index in [1.807, 2.05) is 0 Å². The Hall–Kier alpha value is -1.48. The third-order valence-corrected chi connectivity index (χ3v) is 7.48. The second-order valence-electron chi connectivity index (χ2n) is 8.36. The number of carbonyl (C=O) groups is 1. The van der Waals surface area contributed by atoms with E-state index >= 15 is 0 Å². The number of rotatable bonds is 7. The maximum atomic E-state index is 12.8. The molecule has 0 radical (unpaired) electrons. The molecule has 0 aromatic heterocycles. The van der Waals surface area contributed by atoms with Crippen LogP contribution in [0.1, 0.15) is 37.0 Å². The molecule has 29 heavy (non-hydrogen) atoms. The van der Waals surface area contributed by atoms with Gasteiger partial charge in [0.15, 0.2) is 0 Å². The molecular weight excluding hydrogens is 390 g/mol. The summed E-state index contributed by atoms with van der Waals surface area (Å²) >= 11 is 0. The molecular formula is C21H33N3O4S. The second-order valence-corrected chi connectivity index (χ2v) is 10.3. The van der Waals surface area contributed by atoms with Crippen molar-refractivity contribution in [1.82, 2.24) is 14.5 Å². The van der Waals surface area contributed by atoms with Gasteiger partial charge in [-0.15, -0.1) is 0 Å². The highest BCUT2D eigenvalue weighted by molar-refractivity contribution is 7.89. The molecule has 162 valence electrons. The molecule has 0 saturated carbocycles. The zero-order chi connectivity index (χ0) is 20.9. The average Bonchev–Trinajstić information content (AvgIpc) is 2.71. The molecule has 2 heterocycles. The maximum Gasteiger partial charge on any atom is 0.251 e. The standard InChI is InChI=1S/C21H33N3O4S/c1-17-13-18(2)16-23(15-17)8-4-7-22-21(25)19-5-3-6-20(14-19)29(26,27)24-9-11-28-12-10-24/h3,5-6,14,17-18H,4,7-13,15-16H2,1-2H3,(H,22,25)/t17-,18+. The first-order chi connectivity index (χ1) is 13.9. The normalized spacial score (nSPS) is 24.3. The molecule has 7 nitrogen and oxygen atoms in total. The van der Waals surface area contributed by atoms with Gasteiger partial charge < -0.3 is 15.0 Å². The number of carbonyl (C=O) groups excluding carboxylic acids is 1. The van der Waals surface area contributed by atoms with Crippen LogP contribution in [-0.2, 0) is 14.8 Å². The van der Waals surface area contributed by atoms with E-state index in [1.165, 1.54) is 16.8 Å². The summed E-state index contributed by atoms with van der Waals surface area (Å²) in [4.78, 5) is 15.1. The first-order valence-corrected chi connectivity index (χ1v) is 12.0.